The summed E-state index contributed by atoms with van der Waals surface area (Å²) in [6, 6.07) is 5.34. The van der Waals surface area contributed by atoms with Gasteiger partial charge in [-0.05, 0) is 38.7 Å². The number of aromatic nitrogens is 1. The summed E-state index contributed by atoms with van der Waals surface area (Å²) in [7, 11) is 0. The molecule has 0 amide bonds. The van der Waals surface area contributed by atoms with E-state index in [2.05, 4.69) is 0 Å². The summed E-state index contributed by atoms with van der Waals surface area (Å²) in [5.74, 6) is -0.300. The summed E-state index contributed by atoms with van der Waals surface area (Å²) in [4.78, 5) is 17.3. The number of nitrogens with zero attached hydrogens (tertiary/aromatic N) is 1. The summed E-state index contributed by atoms with van der Waals surface area (Å²) in [5.41, 5.74) is 0.446. The third kappa shape index (κ3) is 2.96. The van der Waals surface area contributed by atoms with Crippen LogP contribution in [0.5, 0.6) is 0 Å². The number of hydrogen-bond donors (Lipinski definition) is 0. The van der Waals surface area contributed by atoms with Gasteiger partial charge in [-0.3, -0.25) is 4.84 Å². The Morgan fingerprint density at radius 3 is 2.88 bits per heavy atom. The Morgan fingerprint density at radius 1 is 1.41 bits per heavy atom. The molecule has 0 aromatic carbocycles. The third-order valence-corrected chi connectivity index (χ3v) is 2.88. The molecule has 1 aliphatic carbocycles. The van der Waals surface area contributed by atoms with Crippen LogP contribution in [0.2, 0.25) is 0 Å². The van der Waals surface area contributed by atoms with Crippen molar-refractivity contribution in [3.63, 3.8) is 0 Å². The van der Waals surface area contributed by atoms with Gasteiger partial charge in [0.25, 0.3) is 0 Å². The molecule has 1 aromatic heterocycles. The van der Waals surface area contributed by atoms with Crippen molar-refractivity contribution in [3.05, 3.63) is 30.1 Å². The molecule has 1 fully saturated rings. The Balaban J connectivity index is 2.06. The standard InChI is InChI=1S/C13H18NO3/c1-2-16-14-10-6-5-9-12(14)13(15)17-11-7-3-4-8-11/h5-6,9-11H,2-4,7-8H2,1H3/q+1. The maximum Gasteiger partial charge on any atom is 0.408 e. The summed E-state index contributed by atoms with van der Waals surface area (Å²) in [5, 5.41) is 0. The van der Waals surface area contributed by atoms with Gasteiger partial charge in [0.15, 0.2) is 6.61 Å². The van der Waals surface area contributed by atoms with Crippen molar-refractivity contribution in [3.8, 4) is 0 Å². The number of carbonyl (C=O) groups is 1. The topological polar surface area (TPSA) is 39.4 Å². The normalized spacial score (nSPS) is 15.8. The van der Waals surface area contributed by atoms with Crippen LogP contribution in [0.25, 0.3) is 0 Å². The first kappa shape index (κ1) is 11.9. The van der Waals surface area contributed by atoms with Crippen LogP contribution in [0.4, 0.5) is 0 Å². The number of esters is 1. The second-order valence-corrected chi connectivity index (χ2v) is 4.14. The fourth-order valence-electron chi connectivity index (χ4n) is 2.06. The first-order chi connectivity index (χ1) is 8.31. The summed E-state index contributed by atoms with van der Waals surface area (Å²) in [6.07, 6.45) is 6.06. The number of carbonyl (C=O) groups excluding carboxylic acids is 1. The SMILES string of the molecule is CCO[n+]1ccccc1C(=O)OC1CCCC1. The second kappa shape index (κ2) is 5.66. The zero-order valence-electron chi connectivity index (χ0n) is 10.1. The highest BCUT2D eigenvalue weighted by Gasteiger charge is 2.26. The molecule has 0 N–H and O–H groups in total. The van der Waals surface area contributed by atoms with Gasteiger partial charge < -0.3 is 4.74 Å². The molecule has 1 saturated carbocycles. The van der Waals surface area contributed by atoms with Crippen molar-refractivity contribution in [1.29, 1.82) is 0 Å². The molecule has 4 heteroatoms. The molecule has 1 aliphatic rings. The van der Waals surface area contributed by atoms with Gasteiger partial charge in [-0.25, -0.2) is 4.79 Å². The third-order valence-electron chi connectivity index (χ3n) is 2.88. The zero-order chi connectivity index (χ0) is 12.1. The van der Waals surface area contributed by atoms with E-state index in [0.717, 1.165) is 25.7 Å². The summed E-state index contributed by atoms with van der Waals surface area (Å²) >= 11 is 0. The van der Waals surface area contributed by atoms with Crippen molar-refractivity contribution in [2.24, 2.45) is 0 Å². The van der Waals surface area contributed by atoms with Gasteiger partial charge in [-0.15, -0.1) is 0 Å². The van der Waals surface area contributed by atoms with Crippen molar-refractivity contribution in [2.45, 2.75) is 38.7 Å². The molecule has 0 unspecified atom stereocenters. The molecule has 92 valence electrons. The Bertz CT molecular complexity index is 386. The first-order valence-corrected chi connectivity index (χ1v) is 6.16. The predicted molar refractivity (Wildman–Crippen MR) is 61.4 cm³/mol. The lowest BCUT2D eigenvalue weighted by Crippen LogP contribution is -2.48. The van der Waals surface area contributed by atoms with Crippen LogP contribution >= 0.6 is 0 Å². The van der Waals surface area contributed by atoms with Crippen LogP contribution in [-0.4, -0.2) is 18.7 Å². The number of rotatable bonds is 4. The number of ether oxygens (including phenoxy) is 1. The molecule has 0 bridgehead atoms. The monoisotopic (exact) mass is 236 g/mol. The van der Waals surface area contributed by atoms with Gasteiger partial charge in [0.2, 0.25) is 6.20 Å². The van der Waals surface area contributed by atoms with Gasteiger partial charge in [-0.1, -0.05) is 0 Å². The molecular formula is C13H18NO3+. The highest BCUT2D eigenvalue weighted by molar-refractivity contribution is 5.85. The second-order valence-electron chi connectivity index (χ2n) is 4.14. The van der Waals surface area contributed by atoms with Gasteiger partial charge >= 0.3 is 11.7 Å². The maximum atomic E-state index is 12.0. The average Bonchev–Trinajstić information content (AvgIpc) is 2.83. The molecule has 0 aliphatic heterocycles. The van der Waals surface area contributed by atoms with E-state index in [0.29, 0.717) is 12.3 Å². The lowest BCUT2D eigenvalue weighted by atomic mass is 10.3. The Hall–Kier alpha value is -1.58. The molecular weight excluding hydrogens is 218 g/mol. The minimum Gasteiger partial charge on any atom is -0.454 e. The van der Waals surface area contributed by atoms with Gasteiger partial charge in [0.05, 0.1) is 0 Å². The quantitative estimate of drug-likeness (QED) is 0.588. The van der Waals surface area contributed by atoms with E-state index in [-0.39, 0.29) is 12.1 Å². The molecule has 1 aromatic rings. The minimum absolute atomic E-state index is 0.0813. The van der Waals surface area contributed by atoms with E-state index in [9.17, 15) is 4.79 Å². The van der Waals surface area contributed by atoms with Crippen LogP contribution in [0, 0.1) is 0 Å². The van der Waals surface area contributed by atoms with Crippen LogP contribution in [0.1, 0.15) is 43.1 Å². The van der Waals surface area contributed by atoms with Gasteiger partial charge in [0.1, 0.15) is 6.10 Å². The van der Waals surface area contributed by atoms with E-state index < -0.39 is 0 Å². The first-order valence-electron chi connectivity index (χ1n) is 6.16. The molecule has 1 heterocycles. The Labute approximate surface area is 101 Å². The van der Waals surface area contributed by atoms with Crippen molar-refractivity contribution in [2.75, 3.05) is 6.61 Å². The van der Waals surface area contributed by atoms with Crippen LogP contribution in [-0.2, 0) is 4.74 Å². The van der Waals surface area contributed by atoms with E-state index in [1.54, 1.807) is 18.3 Å². The smallest absolute Gasteiger partial charge is 0.408 e. The van der Waals surface area contributed by atoms with E-state index in [1.807, 2.05) is 13.0 Å². The van der Waals surface area contributed by atoms with Gasteiger partial charge in [0, 0.05) is 16.9 Å². The fourth-order valence-corrected chi connectivity index (χ4v) is 2.06. The lowest BCUT2D eigenvalue weighted by molar-refractivity contribution is -0.892. The number of hydrogen-bond acceptors (Lipinski definition) is 3. The van der Waals surface area contributed by atoms with Crippen LogP contribution in [0.3, 0.4) is 0 Å². The van der Waals surface area contributed by atoms with Crippen molar-refractivity contribution < 1.29 is 19.1 Å². The molecule has 0 spiro atoms. The molecule has 0 radical (unpaired) electrons. The predicted octanol–water partition coefficient (Wildman–Crippen LogP) is 1.52. The van der Waals surface area contributed by atoms with Crippen LogP contribution in [0.15, 0.2) is 24.4 Å². The molecule has 2 rings (SSSR count). The molecule has 17 heavy (non-hydrogen) atoms. The lowest BCUT2D eigenvalue weighted by Gasteiger charge is -2.09. The van der Waals surface area contributed by atoms with E-state index in [1.165, 1.54) is 4.73 Å². The summed E-state index contributed by atoms with van der Waals surface area (Å²) in [6.45, 7) is 2.39. The Morgan fingerprint density at radius 2 is 2.18 bits per heavy atom. The average molecular weight is 236 g/mol. The molecule has 0 atom stereocenters. The van der Waals surface area contributed by atoms with Crippen molar-refractivity contribution >= 4 is 5.97 Å². The molecule has 4 nitrogen and oxygen atoms in total. The largest absolute Gasteiger partial charge is 0.454 e. The zero-order valence-corrected chi connectivity index (χ0v) is 10.1. The number of pyridine rings is 1. The van der Waals surface area contributed by atoms with E-state index >= 15 is 0 Å². The van der Waals surface area contributed by atoms with Crippen LogP contribution < -0.4 is 9.57 Å². The van der Waals surface area contributed by atoms with Crippen molar-refractivity contribution in [1.82, 2.24) is 0 Å². The summed E-state index contributed by atoms with van der Waals surface area (Å²) < 4.78 is 6.91. The highest BCUT2D eigenvalue weighted by Crippen LogP contribution is 2.21. The van der Waals surface area contributed by atoms with E-state index in [4.69, 9.17) is 9.57 Å². The molecule has 0 saturated heterocycles. The fraction of sp³-hybridized carbons (Fsp3) is 0.538. The maximum absolute atomic E-state index is 12.0. The minimum atomic E-state index is -0.300. The highest BCUT2D eigenvalue weighted by atomic mass is 16.7. The van der Waals surface area contributed by atoms with Gasteiger partial charge in [-0.2, -0.15) is 0 Å². The Kier molecular flexibility index (Phi) is 3.96.